The summed E-state index contributed by atoms with van der Waals surface area (Å²) >= 11 is 2.78. The molecule has 3 aliphatic rings. The van der Waals surface area contributed by atoms with Gasteiger partial charge in [0.15, 0.2) is 0 Å². The molecule has 0 spiro atoms. The SMILES string of the molecule is OC1CCC2CC(C3=CC[CH]([Al])CC3)C(F)C(F)C2C1F.[Dy].[Re]. The van der Waals surface area contributed by atoms with Crippen LogP contribution < -0.4 is 0 Å². The number of hydrogen-bond donors (Lipinski definition) is 1. The maximum atomic E-state index is 14.5. The molecule has 8 unspecified atom stereocenters. The smallest absolute Gasteiger partial charge is 0.138 e. The summed E-state index contributed by atoms with van der Waals surface area (Å²) in [5, 5.41) is 9.59. The summed E-state index contributed by atoms with van der Waals surface area (Å²) in [4.78, 5) is 0. The maximum absolute atomic E-state index is 14.5. The van der Waals surface area contributed by atoms with Crippen LogP contribution in [0.15, 0.2) is 11.6 Å². The fourth-order valence-corrected chi connectivity index (χ4v) is 4.72. The number of rotatable bonds is 1. The molecule has 3 radical (unpaired) electrons. The Kier molecular flexibility index (Phi) is 9.76. The molecular formula is C16H22AlDyF3ORe. The van der Waals surface area contributed by atoms with E-state index in [1.54, 1.807) is 0 Å². The largest absolute Gasteiger partial charge is 0.390 e. The maximum Gasteiger partial charge on any atom is 0.138 e. The summed E-state index contributed by atoms with van der Waals surface area (Å²) < 4.78 is 43.6. The molecule has 8 atom stereocenters. The zero-order valence-electron chi connectivity index (χ0n) is 12.8. The van der Waals surface area contributed by atoms with E-state index in [4.69, 9.17) is 0 Å². The van der Waals surface area contributed by atoms with Crippen LogP contribution in [-0.4, -0.2) is 46.0 Å². The molecule has 0 aromatic heterocycles. The van der Waals surface area contributed by atoms with Crippen LogP contribution in [0.5, 0.6) is 0 Å². The molecule has 0 aromatic rings. The molecule has 0 saturated heterocycles. The summed E-state index contributed by atoms with van der Waals surface area (Å²) in [5.41, 5.74) is 1.03. The number of aliphatic hydroxyl groups is 1. The third kappa shape index (κ3) is 4.82. The monoisotopic (exact) mass is 665 g/mol. The van der Waals surface area contributed by atoms with Gasteiger partial charge in [0, 0.05) is 70.4 Å². The third-order valence-electron chi connectivity index (χ3n) is 5.69. The van der Waals surface area contributed by atoms with Crippen molar-refractivity contribution in [3.8, 4) is 0 Å². The zero-order valence-corrected chi connectivity index (χ0v) is 18.7. The predicted molar refractivity (Wildman–Crippen MR) is 76.5 cm³/mol. The van der Waals surface area contributed by atoms with Gasteiger partial charge in [0.1, 0.15) is 34.8 Å². The van der Waals surface area contributed by atoms with Gasteiger partial charge in [0.2, 0.25) is 0 Å². The number of aliphatic hydroxyl groups excluding tert-OH is 1. The molecule has 3 rings (SSSR count). The Labute approximate surface area is 188 Å². The van der Waals surface area contributed by atoms with Crippen molar-refractivity contribution in [3.05, 3.63) is 11.6 Å². The van der Waals surface area contributed by atoms with E-state index < -0.39 is 30.5 Å². The summed E-state index contributed by atoms with van der Waals surface area (Å²) in [7, 11) is 0. The molecule has 0 aromatic carbocycles. The van der Waals surface area contributed by atoms with Crippen LogP contribution in [0.2, 0.25) is 4.78 Å². The summed E-state index contributed by atoms with van der Waals surface area (Å²) in [6.07, 6.45) is 0.146. The van der Waals surface area contributed by atoms with Crippen molar-refractivity contribution in [2.24, 2.45) is 17.8 Å². The normalized spacial score (nSPS) is 46.7. The van der Waals surface area contributed by atoms with Crippen LogP contribution in [0.25, 0.3) is 0 Å². The van der Waals surface area contributed by atoms with E-state index in [9.17, 15) is 18.3 Å². The Hall–Kier alpha value is 1.96. The van der Waals surface area contributed by atoms with Crippen LogP contribution in [0.3, 0.4) is 0 Å². The predicted octanol–water partition coefficient (Wildman–Crippen LogP) is 3.47. The number of alkyl halides is 3. The molecule has 0 aliphatic heterocycles. The van der Waals surface area contributed by atoms with Crippen LogP contribution in [-0.2, 0) is 20.4 Å². The van der Waals surface area contributed by atoms with Crippen molar-refractivity contribution in [1.82, 2.24) is 0 Å². The van der Waals surface area contributed by atoms with Gasteiger partial charge in [-0.15, -0.1) is 4.78 Å². The van der Waals surface area contributed by atoms with Gasteiger partial charge >= 0.3 is 0 Å². The van der Waals surface area contributed by atoms with Gasteiger partial charge in [-0.1, -0.05) is 18.1 Å². The Morgan fingerprint density at radius 1 is 1.04 bits per heavy atom. The molecule has 0 amide bonds. The van der Waals surface area contributed by atoms with Crippen molar-refractivity contribution in [2.45, 2.75) is 67.9 Å². The molecule has 1 N–H and O–H groups in total. The van der Waals surface area contributed by atoms with Crippen molar-refractivity contribution in [2.75, 3.05) is 0 Å². The summed E-state index contributed by atoms with van der Waals surface area (Å²) in [6, 6.07) is 0. The van der Waals surface area contributed by atoms with Crippen LogP contribution >= 0.6 is 0 Å². The second-order valence-corrected chi connectivity index (χ2v) is 7.91. The first-order valence-electron chi connectivity index (χ1n) is 8.03. The van der Waals surface area contributed by atoms with Gasteiger partial charge in [-0.3, -0.25) is 0 Å². The van der Waals surface area contributed by atoms with Crippen molar-refractivity contribution in [1.29, 1.82) is 0 Å². The van der Waals surface area contributed by atoms with Crippen molar-refractivity contribution < 1.29 is 76.9 Å². The molecular weight excluding hydrogens is 641 g/mol. The van der Waals surface area contributed by atoms with Gasteiger partial charge in [0.05, 0.1) is 6.10 Å². The number of halogens is 3. The molecule has 3 aliphatic carbocycles. The van der Waals surface area contributed by atoms with Crippen LogP contribution in [0.4, 0.5) is 13.2 Å². The van der Waals surface area contributed by atoms with Gasteiger partial charge in [-0.2, -0.15) is 0 Å². The van der Waals surface area contributed by atoms with E-state index in [0.29, 0.717) is 24.0 Å². The molecule has 0 heterocycles. The summed E-state index contributed by atoms with van der Waals surface area (Å²) in [6.45, 7) is 0. The van der Waals surface area contributed by atoms with Gasteiger partial charge in [-0.25, -0.2) is 13.2 Å². The van der Waals surface area contributed by atoms with Crippen LogP contribution in [0.1, 0.15) is 38.5 Å². The first-order valence-corrected chi connectivity index (χ1v) is 8.70. The van der Waals surface area contributed by atoms with Gasteiger partial charge in [-0.05, 0) is 38.0 Å². The first-order chi connectivity index (χ1) is 9.99. The minimum absolute atomic E-state index is 0. The number of allylic oxidation sites excluding steroid dienone is 2. The van der Waals surface area contributed by atoms with E-state index >= 15 is 0 Å². The quantitative estimate of drug-likeness (QED) is 0.337. The molecule has 7 heteroatoms. The molecule has 1 nitrogen and oxygen atoms in total. The molecule has 2 saturated carbocycles. The molecule has 2 fully saturated rings. The molecule has 0 bridgehead atoms. The van der Waals surface area contributed by atoms with Crippen LogP contribution in [0, 0.1) is 55.9 Å². The molecule has 133 valence electrons. The average molecular weight is 663 g/mol. The minimum Gasteiger partial charge on any atom is -0.390 e. The fourth-order valence-electron chi connectivity index (χ4n) is 4.42. The van der Waals surface area contributed by atoms with E-state index in [1.807, 2.05) is 0 Å². The van der Waals surface area contributed by atoms with Gasteiger partial charge < -0.3 is 5.11 Å². The Morgan fingerprint density at radius 2 is 1.74 bits per heavy atom. The third-order valence-corrected chi connectivity index (χ3v) is 6.29. The van der Waals surface area contributed by atoms with E-state index in [-0.39, 0.29) is 70.4 Å². The first kappa shape index (κ1) is 23.0. The number of fused-ring (bicyclic) bond motifs is 1. The second kappa shape index (κ2) is 9.77. The Morgan fingerprint density at radius 3 is 2.35 bits per heavy atom. The number of hydrogen-bond acceptors (Lipinski definition) is 1. The van der Waals surface area contributed by atoms with Crippen molar-refractivity contribution >= 4 is 16.3 Å². The Bertz CT molecular complexity index is 426. The molecule has 23 heavy (non-hydrogen) atoms. The van der Waals surface area contributed by atoms with Gasteiger partial charge in [0.25, 0.3) is 0 Å². The summed E-state index contributed by atoms with van der Waals surface area (Å²) in [5.74, 6) is -1.48. The zero-order chi connectivity index (χ0) is 15.1. The minimum atomic E-state index is -1.78. The average Bonchev–Trinajstić information content (AvgIpc) is 2.47. The second-order valence-electron chi connectivity index (χ2n) is 6.97. The van der Waals surface area contributed by atoms with E-state index in [0.717, 1.165) is 24.8 Å². The standard InChI is InChI=1S/C16H22F3O.Al.Dy.Re/c17-14-11(9-4-2-1-3-5-9)8-10-6-7-12(20)15(18)13(10)16(14)19;;;/h1,4,10-16,20H,2-3,5-8H2;;;. The Balaban J connectivity index is 0.00000132. The van der Waals surface area contributed by atoms with E-state index in [2.05, 4.69) is 22.4 Å². The topological polar surface area (TPSA) is 20.2 Å². The van der Waals surface area contributed by atoms with E-state index in [1.165, 1.54) is 0 Å². The van der Waals surface area contributed by atoms with Crippen molar-refractivity contribution in [3.63, 3.8) is 0 Å². The fraction of sp³-hybridized carbons (Fsp3) is 0.875.